The van der Waals surface area contributed by atoms with E-state index >= 15 is 0 Å². The SMILES string of the molecule is C1=CC(Sc2ccccc2)CCCC1. The first-order valence-corrected chi connectivity index (χ1v) is 6.21. The first-order valence-electron chi connectivity index (χ1n) is 5.33. The lowest BCUT2D eigenvalue weighted by Crippen LogP contribution is -1.95. The summed E-state index contributed by atoms with van der Waals surface area (Å²) in [5.74, 6) is 0. The van der Waals surface area contributed by atoms with Gasteiger partial charge in [-0.3, -0.25) is 0 Å². The van der Waals surface area contributed by atoms with Crippen LogP contribution in [0.3, 0.4) is 0 Å². The van der Waals surface area contributed by atoms with E-state index in [1.807, 2.05) is 11.8 Å². The van der Waals surface area contributed by atoms with Crippen molar-refractivity contribution in [2.24, 2.45) is 0 Å². The van der Waals surface area contributed by atoms with E-state index in [0.29, 0.717) is 5.25 Å². The molecule has 0 nitrogen and oxygen atoms in total. The third-order valence-electron chi connectivity index (χ3n) is 2.49. The Morgan fingerprint density at radius 1 is 1.07 bits per heavy atom. The van der Waals surface area contributed by atoms with Gasteiger partial charge in [0.05, 0.1) is 0 Å². The molecule has 0 saturated carbocycles. The zero-order valence-electron chi connectivity index (χ0n) is 8.36. The molecule has 1 aromatic carbocycles. The maximum absolute atomic E-state index is 2.38. The highest BCUT2D eigenvalue weighted by molar-refractivity contribution is 8.00. The van der Waals surface area contributed by atoms with Crippen molar-refractivity contribution >= 4 is 11.8 Å². The predicted octanol–water partition coefficient (Wildman–Crippen LogP) is 4.28. The number of thioether (sulfide) groups is 1. The fraction of sp³-hybridized carbons (Fsp3) is 0.385. The molecule has 1 unspecified atom stereocenters. The van der Waals surface area contributed by atoms with Crippen LogP contribution in [0.15, 0.2) is 47.4 Å². The van der Waals surface area contributed by atoms with Crippen molar-refractivity contribution in [3.63, 3.8) is 0 Å². The van der Waals surface area contributed by atoms with E-state index < -0.39 is 0 Å². The molecule has 0 fully saturated rings. The number of benzene rings is 1. The van der Waals surface area contributed by atoms with E-state index in [1.54, 1.807) is 0 Å². The van der Waals surface area contributed by atoms with Crippen molar-refractivity contribution in [3.8, 4) is 0 Å². The Morgan fingerprint density at radius 2 is 1.93 bits per heavy atom. The summed E-state index contributed by atoms with van der Waals surface area (Å²) in [6, 6.07) is 10.7. The molecule has 1 aliphatic rings. The Hall–Kier alpha value is -0.690. The van der Waals surface area contributed by atoms with E-state index in [2.05, 4.69) is 42.5 Å². The average Bonchev–Trinajstić information content (AvgIpc) is 2.48. The maximum atomic E-state index is 2.38. The van der Waals surface area contributed by atoms with Crippen molar-refractivity contribution in [2.45, 2.75) is 35.8 Å². The summed E-state index contributed by atoms with van der Waals surface area (Å²) in [4.78, 5) is 1.39. The molecule has 14 heavy (non-hydrogen) atoms. The van der Waals surface area contributed by atoms with Crippen molar-refractivity contribution in [1.82, 2.24) is 0 Å². The van der Waals surface area contributed by atoms with Gasteiger partial charge in [-0.25, -0.2) is 0 Å². The fourth-order valence-corrected chi connectivity index (χ4v) is 2.86. The van der Waals surface area contributed by atoms with Crippen LogP contribution in [0.25, 0.3) is 0 Å². The lowest BCUT2D eigenvalue weighted by atomic mass is 10.2. The molecule has 0 amide bonds. The second-order valence-corrected chi connectivity index (χ2v) is 4.99. The standard InChI is InChI=1S/C13H16S/c1-2-5-9-12(8-4-1)14-13-10-6-3-7-11-13/h3-4,6-8,10-12H,1-2,5,9H2. The molecule has 2 rings (SSSR count). The highest BCUT2D eigenvalue weighted by Gasteiger charge is 2.08. The summed E-state index contributed by atoms with van der Waals surface area (Å²) in [7, 11) is 0. The van der Waals surface area contributed by atoms with Gasteiger partial charge >= 0.3 is 0 Å². The van der Waals surface area contributed by atoms with E-state index in [1.165, 1.54) is 30.6 Å². The Balaban J connectivity index is 1.96. The molecule has 0 heterocycles. The molecule has 0 bridgehead atoms. The van der Waals surface area contributed by atoms with Gasteiger partial charge in [-0.2, -0.15) is 0 Å². The molecule has 1 heteroatoms. The van der Waals surface area contributed by atoms with Gasteiger partial charge < -0.3 is 0 Å². The van der Waals surface area contributed by atoms with Crippen LogP contribution in [0.1, 0.15) is 25.7 Å². The Kier molecular flexibility index (Phi) is 3.70. The first kappa shape index (κ1) is 9.85. The van der Waals surface area contributed by atoms with Crippen LogP contribution in [0.5, 0.6) is 0 Å². The fourth-order valence-electron chi connectivity index (χ4n) is 1.72. The van der Waals surface area contributed by atoms with Crippen molar-refractivity contribution < 1.29 is 0 Å². The van der Waals surface area contributed by atoms with Crippen molar-refractivity contribution in [1.29, 1.82) is 0 Å². The number of allylic oxidation sites excluding steroid dienone is 1. The van der Waals surface area contributed by atoms with E-state index in [4.69, 9.17) is 0 Å². The predicted molar refractivity (Wildman–Crippen MR) is 63.7 cm³/mol. The minimum Gasteiger partial charge on any atom is -0.119 e. The lowest BCUT2D eigenvalue weighted by Gasteiger charge is -2.09. The summed E-state index contributed by atoms with van der Waals surface area (Å²) < 4.78 is 0. The zero-order chi connectivity index (χ0) is 9.64. The van der Waals surface area contributed by atoms with Gasteiger partial charge in [0.1, 0.15) is 0 Å². The number of hydrogen-bond donors (Lipinski definition) is 0. The smallest absolute Gasteiger partial charge is 0.0274 e. The van der Waals surface area contributed by atoms with Gasteiger partial charge in [-0.1, -0.05) is 36.8 Å². The van der Waals surface area contributed by atoms with E-state index in [9.17, 15) is 0 Å². The largest absolute Gasteiger partial charge is 0.119 e. The number of hydrogen-bond acceptors (Lipinski definition) is 1. The Morgan fingerprint density at radius 3 is 2.79 bits per heavy atom. The van der Waals surface area contributed by atoms with Crippen LogP contribution in [-0.2, 0) is 0 Å². The molecule has 0 aromatic heterocycles. The summed E-state index contributed by atoms with van der Waals surface area (Å²) in [6.07, 6.45) is 10.1. The summed E-state index contributed by atoms with van der Waals surface area (Å²) in [6.45, 7) is 0. The topological polar surface area (TPSA) is 0 Å². The van der Waals surface area contributed by atoms with Crippen LogP contribution >= 0.6 is 11.8 Å². The van der Waals surface area contributed by atoms with Gasteiger partial charge in [-0.15, -0.1) is 11.8 Å². The molecule has 1 aromatic rings. The molecule has 0 N–H and O–H groups in total. The van der Waals surface area contributed by atoms with Crippen LogP contribution in [-0.4, -0.2) is 5.25 Å². The quantitative estimate of drug-likeness (QED) is 0.648. The van der Waals surface area contributed by atoms with Gasteiger partial charge in [-0.05, 0) is 31.4 Å². The normalized spacial score (nSPS) is 21.9. The van der Waals surface area contributed by atoms with Crippen LogP contribution < -0.4 is 0 Å². The van der Waals surface area contributed by atoms with Gasteiger partial charge in [0.2, 0.25) is 0 Å². The van der Waals surface area contributed by atoms with E-state index in [-0.39, 0.29) is 0 Å². The second kappa shape index (κ2) is 5.26. The lowest BCUT2D eigenvalue weighted by molar-refractivity contribution is 0.724. The molecule has 1 atom stereocenters. The minimum atomic E-state index is 0.694. The maximum Gasteiger partial charge on any atom is 0.0274 e. The molecule has 0 aliphatic heterocycles. The first-order chi connectivity index (χ1) is 6.95. The Bertz CT molecular complexity index is 289. The van der Waals surface area contributed by atoms with Crippen LogP contribution in [0.2, 0.25) is 0 Å². The highest BCUT2D eigenvalue weighted by atomic mass is 32.2. The van der Waals surface area contributed by atoms with Crippen molar-refractivity contribution in [3.05, 3.63) is 42.5 Å². The minimum absolute atomic E-state index is 0.694. The molecule has 1 aliphatic carbocycles. The highest BCUT2D eigenvalue weighted by Crippen LogP contribution is 2.29. The van der Waals surface area contributed by atoms with Gasteiger partial charge in [0.15, 0.2) is 0 Å². The van der Waals surface area contributed by atoms with Crippen LogP contribution in [0.4, 0.5) is 0 Å². The van der Waals surface area contributed by atoms with Gasteiger partial charge in [0.25, 0.3) is 0 Å². The van der Waals surface area contributed by atoms with Crippen molar-refractivity contribution in [2.75, 3.05) is 0 Å². The number of rotatable bonds is 2. The molecule has 0 spiro atoms. The molecule has 0 saturated heterocycles. The summed E-state index contributed by atoms with van der Waals surface area (Å²) in [5, 5.41) is 0.694. The monoisotopic (exact) mass is 204 g/mol. The molecular weight excluding hydrogens is 188 g/mol. The Labute approximate surface area is 90.4 Å². The molecular formula is C13H16S. The average molecular weight is 204 g/mol. The van der Waals surface area contributed by atoms with Crippen LogP contribution in [0, 0.1) is 0 Å². The second-order valence-electron chi connectivity index (χ2n) is 3.68. The third-order valence-corrected chi connectivity index (χ3v) is 3.73. The summed E-state index contributed by atoms with van der Waals surface area (Å²) in [5.41, 5.74) is 0. The molecule has 0 radical (unpaired) electrons. The zero-order valence-corrected chi connectivity index (χ0v) is 9.17. The van der Waals surface area contributed by atoms with E-state index in [0.717, 1.165) is 0 Å². The molecule has 74 valence electrons. The summed E-state index contributed by atoms with van der Waals surface area (Å²) >= 11 is 1.99. The third kappa shape index (κ3) is 2.91. The van der Waals surface area contributed by atoms with Gasteiger partial charge in [0, 0.05) is 10.1 Å².